The van der Waals surface area contributed by atoms with E-state index in [0.717, 1.165) is 0 Å². The lowest BCUT2D eigenvalue weighted by Gasteiger charge is -1.92. The van der Waals surface area contributed by atoms with Gasteiger partial charge in [0.1, 0.15) is 3.70 Å². The second kappa shape index (κ2) is 2.22. The van der Waals surface area contributed by atoms with Gasteiger partial charge >= 0.3 is 0 Å². The summed E-state index contributed by atoms with van der Waals surface area (Å²) in [7, 11) is 2.03. The monoisotopic (exact) mass is 248 g/mol. The van der Waals surface area contributed by atoms with Crippen molar-refractivity contribution >= 4 is 22.6 Å². The first-order valence-corrected chi connectivity index (χ1v) is 4.57. The summed E-state index contributed by atoms with van der Waals surface area (Å²) >= 11 is 2.31. The van der Waals surface area contributed by atoms with Crippen molar-refractivity contribution < 1.29 is 0 Å². The predicted octanol–water partition coefficient (Wildman–Crippen LogP) is 1.51. The lowest BCUT2D eigenvalue weighted by Crippen LogP contribution is -1.95. The Hall–Kier alpha value is -0.0600. The van der Waals surface area contributed by atoms with Crippen LogP contribution < -0.4 is 0 Å². The third-order valence-corrected chi connectivity index (χ3v) is 2.93. The zero-order valence-corrected chi connectivity index (χ0v) is 8.05. The molecule has 54 valence electrons. The van der Waals surface area contributed by atoms with Gasteiger partial charge in [-0.05, 0) is 41.9 Å². The maximum absolute atomic E-state index is 4.34. The normalized spacial score (nSPS) is 15.8. The first-order chi connectivity index (χ1) is 4.79. The van der Waals surface area contributed by atoms with Crippen LogP contribution in [0.25, 0.3) is 0 Å². The van der Waals surface area contributed by atoms with E-state index in [4.69, 9.17) is 0 Å². The third kappa shape index (κ3) is 0.794. The van der Waals surface area contributed by atoms with E-state index in [0.29, 0.717) is 0 Å². The van der Waals surface area contributed by atoms with Crippen molar-refractivity contribution in [3.63, 3.8) is 0 Å². The lowest BCUT2D eigenvalue weighted by atomic mass is 10.3. The molecule has 1 aliphatic carbocycles. The number of hydrogen-bond donors (Lipinski definition) is 0. The molecule has 0 bridgehead atoms. The maximum Gasteiger partial charge on any atom is 0.126 e. The van der Waals surface area contributed by atoms with Gasteiger partial charge in [0.25, 0.3) is 0 Å². The van der Waals surface area contributed by atoms with Gasteiger partial charge in [-0.2, -0.15) is 5.10 Å². The number of halogens is 1. The van der Waals surface area contributed by atoms with Gasteiger partial charge in [-0.3, -0.25) is 4.68 Å². The van der Waals surface area contributed by atoms with Gasteiger partial charge in [0.2, 0.25) is 0 Å². The highest BCUT2D eigenvalue weighted by molar-refractivity contribution is 14.1. The van der Waals surface area contributed by atoms with Crippen molar-refractivity contribution in [3.05, 3.63) is 15.0 Å². The molecule has 2 rings (SSSR count). The zero-order chi connectivity index (χ0) is 7.14. The molecule has 1 aliphatic rings. The molecule has 0 spiro atoms. The fraction of sp³-hybridized carbons (Fsp3) is 0.571. The first kappa shape index (κ1) is 6.64. The van der Waals surface area contributed by atoms with Gasteiger partial charge < -0.3 is 0 Å². The maximum atomic E-state index is 4.34. The molecule has 0 amide bonds. The second-order valence-electron chi connectivity index (χ2n) is 2.69. The van der Waals surface area contributed by atoms with Gasteiger partial charge in [0, 0.05) is 18.3 Å². The highest BCUT2D eigenvalue weighted by Gasteiger charge is 2.18. The molecule has 1 aromatic heterocycles. The molecule has 0 unspecified atom stereocenters. The molecular weight excluding hydrogens is 239 g/mol. The Morgan fingerprint density at radius 1 is 1.50 bits per heavy atom. The highest BCUT2D eigenvalue weighted by Crippen LogP contribution is 2.25. The summed E-state index contributed by atoms with van der Waals surface area (Å²) in [4.78, 5) is 0. The van der Waals surface area contributed by atoms with Crippen LogP contribution in [0, 0.1) is 3.70 Å². The van der Waals surface area contributed by atoms with E-state index in [1.54, 1.807) is 0 Å². The Bertz CT molecular complexity index is 240. The van der Waals surface area contributed by atoms with Crippen LogP contribution >= 0.6 is 22.6 Å². The number of hydrogen-bond acceptors (Lipinski definition) is 1. The van der Waals surface area contributed by atoms with Crippen molar-refractivity contribution in [2.24, 2.45) is 7.05 Å². The van der Waals surface area contributed by atoms with E-state index in [1.807, 2.05) is 11.7 Å². The average Bonchev–Trinajstić information content (AvgIpc) is 2.39. The van der Waals surface area contributed by atoms with Crippen molar-refractivity contribution in [3.8, 4) is 0 Å². The van der Waals surface area contributed by atoms with Gasteiger partial charge in [-0.1, -0.05) is 0 Å². The van der Waals surface area contributed by atoms with Gasteiger partial charge in [0.15, 0.2) is 0 Å². The first-order valence-electron chi connectivity index (χ1n) is 3.49. The summed E-state index contributed by atoms with van der Waals surface area (Å²) in [5.74, 6) is 0. The SMILES string of the molecule is Cn1nc(I)c2c1CCC2. The van der Waals surface area contributed by atoms with E-state index < -0.39 is 0 Å². The van der Waals surface area contributed by atoms with Crippen LogP contribution in [0.2, 0.25) is 0 Å². The van der Waals surface area contributed by atoms with Crippen molar-refractivity contribution in [2.75, 3.05) is 0 Å². The van der Waals surface area contributed by atoms with Crippen LogP contribution in [-0.2, 0) is 19.9 Å². The van der Waals surface area contributed by atoms with Crippen molar-refractivity contribution in [2.45, 2.75) is 19.3 Å². The van der Waals surface area contributed by atoms with E-state index in [-0.39, 0.29) is 0 Å². The zero-order valence-electron chi connectivity index (χ0n) is 5.89. The molecule has 1 aromatic rings. The quantitative estimate of drug-likeness (QED) is 0.636. The Kier molecular flexibility index (Phi) is 1.47. The topological polar surface area (TPSA) is 17.8 Å². The molecule has 0 fully saturated rings. The molecule has 0 aliphatic heterocycles. The van der Waals surface area contributed by atoms with Crippen LogP contribution in [0.1, 0.15) is 17.7 Å². The van der Waals surface area contributed by atoms with E-state index in [1.165, 1.54) is 34.2 Å². The largest absolute Gasteiger partial charge is 0.271 e. The molecule has 0 aromatic carbocycles. The molecule has 3 heteroatoms. The minimum atomic E-state index is 1.20. The third-order valence-electron chi connectivity index (χ3n) is 2.07. The summed E-state index contributed by atoms with van der Waals surface area (Å²) in [6, 6.07) is 0. The van der Waals surface area contributed by atoms with Gasteiger partial charge in [0.05, 0.1) is 0 Å². The van der Waals surface area contributed by atoms with Crippen LogP contribution in [0.15, 0.2) is 0 Å². The molecule has 0 radical (unpaired) electrons. The summed E-state index contributed by atoms with van der Waals surface area (Å²) < 4.78 is 3.22. The van der Waals surface area contributed by atoms with Gasteiger partial charge in [-0.15, -0.1) is 0 Å². The minimum Gasteiger partial charge on any atom is -0.271 e. The molecule has 1 heterocycles. The molecule has 0 atom stereocenters. The van der Waals surface area contributed by atoms with Crippen LogP contribution in [0.5, 0.6) is 0 Å². The number of fused-ring (bicyclic) bond motifs is 1. The molecule has 0 N–H and O–H groups in total. The van der Waals surface area contributed by atoms with Crippen molar-refractivity contribution in [1.29, 1.82) is 0 Å². The van der Waals surface area contributed by atoms with E-state index in [2.05, 4.69) is 27.7 Å². The van der Waals surface area contributed by atoms with Crippen LogP contribution in [0.4, 0.5) is 0 Å². The van der Waals surface area contributed by atoms with Crippen LogP contribution in [-0.4, -0.2) is 9.78 Å². The number of aryl methyl sites for hydroxylation is 1. The summed E-state index contributed by atoms with van der Waals surface area (Å²) in [5, 5.41) is 4.34. The second-order valence-corrected chi connectivity index (χ2v) is 3.72. The predicted molar refractivity (Wildman–Crippen MR) is 48.0 cm³/mol. The molecule has 0 saturated carbocycles. The van der Waals surface area contributed by atoms with Crippen molar-refractivity contribution in [1.82, 2.24) is 9.78 Å². The smallest absolute Gasteiger partial charge is 0.126 e. The van der Waals surface area contributed by atoms with Gasteiger partial charge in [-0.25, -0.2) is 0 Å². The molecule has 0 saturated heterocycles. The fourth-order valence-corrected chi connectivity index (χ4v) is 2.46. The number of rotatable bonds is 0. The summed E-state index contributed by atoms with van der Waals surface area (Å²) in [6.07, 6.45) is 3.78. The summed E-state index contributed by atoms with van der Waals surface area (Å²) in [5.41, 5.74) is 2.94. The lowest BCUT2D eigenvalue weighted by molar-refractivity contribution is 0.700. The number of aromatic nitrogens is 2. The number of nitrogens with zero attached hydrogens (tertiary/aromatic N) is 2. The van der Waals surface area contributed by atoms with E-state index in [9.17, 15) is 0 Å². The highest BCUT2D eigenvalue weighted by atomic mass is 127. The summed E-state index contributed by atoms with van der Waals surface area (Å²) in [6.45, 7) is 0. The standard InChI is InChI=1S/C7H9IN2/c1-10-6-4-2-3-5(6)7(8)9-10/h2-4H2,1H3. The minimum absolute atomic E-state index is 1.20. The van der Waals surface area contributed by atoms with E-state index >= 15 is 0 Å². The Morgan fingerprint density at radius 2 is 2.30 bits per heavy atom. The average molecular weight is 248 g/mol. The fourth-order valence-electron chi connectivity index (χ4n) is 1.56. The van der Waals surface area contributed by atoms with Crippen LogP contribution in [0.3, 0.4) is 0 Å². The Balaban J connectivity index is 2.61. The Labute approximate surface area is 73.8 Å². The molecule has 10 heavy (non-hydrogen) atoms. The molecular formula is C7H9IN2. The molecule has 2 nitrogen and oxygen atoms in total. The Morgan fingerprint density at radius 3 is 3.00 bits per heavy atom.